The Bertz CT molecular complexity index is 1640. The summed E-state index contributed by atoms with van der Waals surface area (Å²) < 4.78 is 29.5. The van der Waals surface area contributed by atoms with Gasteiger partial charge in [0.1, 0.15) is 12.4 Å². The number of benzene rings is 2. The van der Waals surface area contributed by atoms with E-state index in [-0.39, 0.29) is 35.5 Å². The molecule has 3 saturated carbocycles. The number of nitrogen functional groups attached to an aromatic ring is 1. The number of para-hydroxylation sites is 1. The van der Waals surface area contributed by atoms with Crippen LogP contribution in [0.3, 0.4) is 0 Å². The third-order valence-electron chi connectivity index (χ3n) is 11.8. The number of aliphatic hydroxyl groups is 2. The topological polar surface area (TPSA) is 119 Å². The van der Waals surface area contributed by atoms with Gasteiger partial charge in [0.2, 0.25) is 0 Å². The number of hydrogen-bond acceptors (Lipinski definition) is 8. The fourth-order valence-corrected chi connectivity index (χ4v) is 10.7. The molecule has 1 saturated heterocycles. The average molecular weight is 634 g/mol. The van der Waals surface area contributed by atoms with Crippen LogP contribution in [0, 0.1) is 41.3 Å². The summed E-state index contributed by atoms with van der Waals surface area (Å²) in [4.78, 5) is 26.9. The molecule has 0 radical (unpaired) electrons. The molecule has 0 spiro atoms. The van der Waals surface area contributed by atoms with E-state index in [1.807, 2.05) is 43.3 Å². The van der Waals surface area contributed by atoms with E-state index < -0.39 is 53.1 Å². The first-order valence-electron chi connectivity index (χ1n) is 15.8. The standard InChI is InChI=1S/C36H40FNO6S/c1-19-8-9-20(18-45-27-7-5-4-6-25(27)38)32(37)30(19)33-43-29-15-24-23-11-10-21-14-22(40)12-13-34(21,2)31(23)26(41)16-35(24,3)36(29,44-33)28(42)17-39/h4-9,12-14,23-24,26,29,31,33,39,41H,10-11,15-18,38H2,1-3H3/t23-,24?,26-,29+,31?,33+,34-,35-,36+/m0/s1. The number of Topliss-reactive ketones (excluding diaryl/α,β-unsaturated/α-hetero) is 1. The van der Waals surface area contributed by atoms with Crippen LogP contribution in [0.5, 0.6) is 0 Å². The van der Waals surface area contributed by atoms with E-state index in [9.17, 15) is 19.8 Å². The molecule has 2 unspecified atom stereocenters. The molecule has 2 aromatic carbocycles. The molecule has 5 aliphatic rings. The van der Waals surface area contributed by atoms with Crippen molar-refractivity contribution in [2.45, 2.75) is 81.2 Å². The lowest BCUT2D eigenvalue weighted by atomic mass is 9.46. The van der Waals surface area contributed by atoms with E-state index in [0.29, 0.717) is 29.0 Å². The molecule has 7 rings (SSSR count). The number of carbonyl (C=O) groups is 2. The number of anilines is 1. The van der Waals surface area contributed by atoms with Crippen molar-refractivity contribution in [3.05, 3.63) is 82.7 Å². The summed E-state index contributed by atoms with van der Waals surface area (Å²) in [7, 11) is 0. The first kappa shape index (κ1) is 30.8. The number of halogens is 1. The number of ketones is 2. The molecule has 238 valence electrons. The molecule has 1 aliphatic heterocycles. The number of hydrogen-bond donors (Lipinski definition) is 3. The molecule has 0 amide bonds. The van der Waals surface area contributed by atoms with E-state index in [1.165, 1.54) is 11.8 Å². The number of aryl methyl sites for hydroxylation is 1. The van der Waals surface area contributed by atoms with Gasteiger partial charge in [-0.3, -0.25) is 9.59 Å². The third kappa shape index (κ3) is 4.38. The van der Waals surface area contributed by atoms with Crippen LogP contribution in [-0.4, -0.2) is 46.2 Å². The molecular formula is C36H40FNO6S. The number of nitrogens with two attached hydrogens (primary N) is 1. The van der Waals surface area contributed by atoms with Gasteiger partial charge in [-0.15, -0.1) is 11.8 Å². The van der Waals surface area contributed by atoms with Crippen molar-refractivity contribution >= 4 is 29.0 Å². The molecule has 9 atom stereocenters. The Kier molecular flexibility index (Phi) is 7.45. The molecule has 4 aliphatic carbocycles. The van der Waals surface area contributed by atoms with Crippen molar-refractivity contribution in [3.8, 4) is 0 Å². The number of thioether (sulfide) groups is 1. The van der Waals surface area contributed by atoms with Crippen LogP contribution in [0.25, 0.3) is 0 Å². The van der Waals surface area contributed by atoms with Crippen LogP contribution in [0.4, 0.5) is 10.1 Å². The van der Waals surface area contributed by atoms with Crippen LogP contribution in [0.15, 0.2) is 65.1 Å². The first-order valence-corrected chi connectivity index (χ1v) is 16.8. The molecule has 4 N–H and O–H groups in total. The van der Waals surface area contributed by atoms with Gasteiger partial charge >= 0.3 is 0 Å². The van der Waals surface area contributed by atoms with Crippen molar-refractivity contribution in [1.82, 2.24) is 0 Å². The second-order valence-corrected chi connectivity index (χ2v) is 15.0. The summed E-state index contributed by atoms with van der Waals surface area (Å²) >= 11 is 1.44. The Morgan fingerprint density at radius 1 is 1.20 bits per heavy atom. The van der Waals surface area contributed by atoms with E-state index >= 15 is 4.39 Å². The highest BCUT2D eigenvalue weighted by Crippen LogP contribution is 2.70. The molecule has 0 aromatic heterocycles. The zero-order valence-corrected chi connectivity index (χ0v) is 26.6. The van der Waals surface area contributed by atoms with E-state index in [4.69, 9.17) is 15.2 Å². The van der Waals surface area contributed by atoms with Crippen LogP contribution >= 0.6 is 11.8 Å². The number of fused-ring (bicyclic) bond motifs is 7. The number of aliphatic hydroxyl groups excluding tert-OH is 2. The molecule has 7 nitrogen and oxygen atoms in total. The van der Waals surface area contributed by atoms with Crippen molar-refractivity contribution in [2.75, 3.05) is 12.3 Å². The van der Waals surface area contributed by atoms with Crippen molar-refractivity contribution in [3.63, 3.8) is 0 Å². The normalized spacial score (nSPS) is 38.3. The fraction of sp³-hybridized carbons (Fsp3) is 0.500. The van der Waals surface area contributed by atoms with Crippen molar-refractivity contribution in [2.24, 2.45) is 28.6 Å². The predicted molar refractivity (Wildman–Crippen MR) is 168 cm³/mol. The molecule has 9 heteroatoms. The van der Waals surface area contributed by atoms with Gasteiger partial charge < -0.3 is 25.4 Å². The second-order valence-electron chi connectivity index (χ2n) is 13.9. The van der Waals surface area contributed by atoms with Gasteiger partial charge in [-0.25, -0.2) is 4.39 Å². The zero-order valence-electron chi connectivity index (χ0n) is 25.8. The SMILES string of the molecule is Cc1ccc(CSc2ccccc2N)c(F)c1[C@@H]1O[C@@H]2CC3[C@@H]4CCC5=CC(=O)C=C[C@]5(C)C4[C@@H](O)C[C@]3(C)[C@]2(C(=O)CO)O1. The molecule has 4 fully saturated rings. The predicted octanol–water partition coefficient (Wildman–Crippen LogP) is 5.61. The Labute approximate surface area is 267 Å². The quantitative estimate of drug-likeness (QED) is 0.278. The van der Waals surface area contributed by atoms with Crippen LogP contribution in [0.2, 0.25) is 0 Å². The molecule has 1 heterocycles. The highest BCUT2D eigenvalue weighted by atomic mass is 32.2. The van der Waals surface area contributed by atoms with Crippen molar-refractivity contribution < 1.29 is 33.7 Å². The lowest BCUT2D eigenvalue weighted by Crippen LogP contribution is -2.63. The molecular weight excluding hydrogens is 593 g/mol. The number of carbonyl (C=O) groups excluding carboxylic acids is 2. The van der Waals surface area contributed by atoms with Gasteiger partial charge in [-0.1, -0.05) is 49.8 Å². The van der Waals surface area contributed by atoms with Crippen LogP contribution in [0.1, 0.15) is 62.5 Å². The molecule has 2 aromatic rings. The highest BCUT2D eigenvalue weighted by Gasteiger charge is 2.76. The van der Waals surface area contributed by atoms with Crippen LogP contribution < -0.4 is 5.73 Å². The number of allylic oxidation sites excluding steroid dienone is 4. The van der Waals surface area contributed by atoms with Gasteiger partial charge in [-0.2, -0.15) is 0 Å². The van der Waals surface area contributed by atoms with Gasteiger partial charge in [0.05, 0.1) is 12.2 Å². The Morgan fingerprint density at radius 3 is 2.73 bits per heavy atom. The smallest absolute Gasteiger partial charge is 0.193 e. The average Bonchev–Trinajstić information content (AvgIpc) is 3.50. The first-order chi connectivity index (χ1) is 21.4. The van der Waals surface area contributed by atoms with Crippen LogP contribution in [-0.2, 0) is 24.8 Å². The zero-order chi connectivity index (χ0) is 31.9. The lowest BCUT2D eigenvalue weighted by Gasteiger charge is -2.59. The third-order valence-corrected chi connectivity index (χ3v) is 12.9. The number of rotatable bonds is 6. The second kappa shape index (κ2) is 10.9. The van der Waals surface area contributed by atoms with Gasteiger partial charge in [0, 0.05) is 38.6 Å². The summed E-state index contributed by atoms with van der Waals surface area (Å²) in [5.41, 5.74) is 6.27. The lowest BCUT2D eigenvalue weighted by molar-refractivity contribution is -0.201. The summed E-state index contributed by atoms with van der Waals surface area (Å²) in [6.45, 7) is 5.12. The van der Waals surface area contributed by atoms with Gasteiger partial charge in [0.15, 0.2) is 23.5 Å². The largest absolute Gasteiger partial charge is 0.398 e. The van der Waals surface area contributed by atoms with E-state index in [2.05, 4.69) is 6.92 Å². The van der Waals surface area contributed by atoms with Gasteiger partial charge in [-0.05, 0) is 79.9 Å². The molecule has 45 heavy (non-hydrogen) atoms. The van der Waals surface area contributed by atoms with Crippen molar-refractivity contribution in [1.29, 1.82) is 0 Å². The van der Waals surface area contributed by atoms with E-state index in [0.717, 1.165) is 23.3 Å². The Hall–Kier alpha value is -2.82. The number of ether oxygens (including phenoxy) is 2. The van der Waals surface area contributed by atoms with Gasteiger partial charge in [0.25, 0.3) is 0 Å². The van der Waals surface area contributed by atoms with E-state index in [1.54, 1.807) is 25.1 Å². The summed E-state index contributed by atoms with van der Waals surface area (Å²) in [6.07, 6.45) is 4.88. The summed E-state index contributed by atoms with van der Waals surface area (Å²) in [5.74, 6) is -0.763. The maximum absolute atomic E-state index is 16.3. The highest BCUT2D eigenvalue weighted by molar-refractivity contribution is 7.98. The maximum Gasteiger partial charge on any atom is 0.193 e. The minimum atomic E-state index is -1.54. The maximum atomic E-state index is 16.3. The molecule has 0 bridgehead atoms. The summed E-state index contributed by atoms with van der Waals surface area (Å²) in [6, 6.07) is 11.0. The minimum absolute atomic E-state index is 0.0267. The minimum Gasteiger partial charge on any atom is -0.398 e. The summed E-state index contributed by atoms with van der Waals surface area (Å²) in [5, 5.41) is 22.2. The Morgan fingerprint density at radius 2 is 1.98 bits per heavy atom. The Balaban J connectivity index is 1.22. The monoisotopic (exact) mass is 633 g/mol. The fourth-order valence-electron chi connectivity index (χ4n) is 9.72.